The van der Waals surface area contributed by atoms with E-state index in [1.807, 2.05) is 30.5 Å². The lowest BCUT2D eigenvalue weighted by Crippen LogP contribution is -2.00. The van der Waals surface area contributed by atoms with Crippen molar-refractivity contribution in [3.05, 3.63) is 64.8 Å². The van der Waals surface area contributed by atoms with Gasteiger partial charge in [0.25, 0.3) is 5.97 Å². The predicted molar refractivity (Wildman–Crippen MR) is 111 cm³/mol. The average Bonchev–Trinajstić information content (AvgIpc) is 3.10. The molecule has 0 bridgehead atoms. The Morgan fingerprint density at radius 2 is 1.93 bits per heavy atom. The van der Waals surface area contributed by atoms with Crippen LogP contribution in [-0.2, 0) is 11.3 Å². The van der Waals surface area contributed by atoms with Gasteiger partial charge in [-0.15, -0.1) is 0 Å². The van der Waals surface area contributed by atoms with Gasteiger partial charge < -0.3 is 16.2 Å². The molecule has 0 saturated heterocycles. The molecule has 3 aromatic rings. The molecule has 1 aliphatic rings. The number of carboxylic acids is 1. The first kappa shape index (κ1) is 19.3. The first-order chi connectivity index (χ1) is 13.4. The van der Waals surface area contributed by atoms with Gasteiger partial charge in [-0.1, -0.05) is 23.7 Å². The highest BCUT2D eigenvalue weighted by Gasteiger charge is 2.15. The number of anilines is 3. The Morgan fingerprint density at radius 1 is 1.21 bits per heavy atom. The number of aliphatic imine (C=N–C) groups is 1. The van der Waals surface area contributed by atoms with Crippen LogP contribution in [0.25, 0.3) is 11.1 Å². The quantitative estimate of drug-likeness (QED) is 0.614. The van der Waals surface area contributed by atoms with E-state index in [4.69, 9.17) is 27.2 Å². The van der Waals surface area contributed by atoms with Gasteiger partial charge >= 0.3 is 0 Å². The van der Waals surface area contributed by atoms with Crippen molar-refractivity contribution < 1.29 is 9.90 Å². The third kappa shape index (κ3) is 4.83. The van der Waals surface area contributed by atoms with Crippen molar-refractivity contribution in [2.75, 3.05) is 11.1 Å². The summed E-state index contributed by atoms with van der Waals surface area (Å²) in [7, 11) is 0. The van der Waals surface area contributed by atoms with Crippen molar-refractivity contribution in [1.29, 1.82) is 0 Å². The van der Waals surface area contributed by atoms with E-state index in [2.05, 4.69) is 32.4 Å². The zero-order valence-electron chi connectivity index (χ0n) is 15.1. The second kappa shape index (κ2) is 8.49. The Hall–Kier alpha value is -3.45. The van der Waals surface area contributed by atoms with E-state index in [1.165, 1.54) is 5.56 Å². The first-order valence-electron chi connectivity index (χ1n) is 8.40. The SMILES string of the molecule is CC(=O)O.Nc1nccc(Nc2cc3c(c(-c4ccc(Cl)cc4)c2)CN=C3)n1. The number of rotatable bonds is 3. The van der Waals surface area contributed by atoms with Gasteiger partial charge in [0.05, 0.1) is 6.54 Å². The zero-order valence-corrected chi connectivity index (χ0v) is 15.8. The lowest BCUT2D eigenvalue weighted by Gasteiger charge is -2.13. The van der Waals surface area contributed by atoms with E-state index in [0.29, 0.717) is 12.4 Å². The van der Waals surface area contributed by atoms with Crippen LogP contribution in [0, 0.1) is 0 Å². The summed E-state index contributed by atoms with van der Waals surface area (Å²) in [5.74, 6) is 0.0556. The number of hydrogen-bond acceptors (Lipinski definition) is 6. The Kier molecular flexibility index (Phi) is 5.86. The zero-order chi connectivity index (χ0) is 20.1. The maximum Gasteiger partial charge on any atom is 0.300 e. The molecular formula is C20H18ClN5O2. The van der Waals surface area contributed by atoms with Crippen LogP contribution in [0.1, 0.15) is 18.1 Å². The van der Waals surface area contributed by atoms with Gasteiger partial charge in [0.1, 0.15) is 5.82 Å². The molecular weight excluding hydrogens is 378 g/mol. The molecule has 2 aromatic carbocycles. The largest absolute Gasteiger partial charge is 0.481 e. The molecule has 28 heavy (non-hydrogen) atoms. The molecule has 4 rings (SSSR count). The van der Waals surface area contributed by atoms with Gasteiger partial charge in [0.15, 0.2) is 0 Å². The standard InChI is InChI=1S/C18H14ClN5.C2H4O2/c19-13-3-1-11(2-4-13)15-8-14(7-12-9-21-10-16(12)15)23-17-5-6-22-18(20)24-17;1-2(3)4/h1-9H,10H2,(H3,20,22,23,24);1H3,(H,3,4). The molecule has 8 heteroatoms. The molecule has 0 spiro atoms. The maximum absolute atomic E-state index is 9.00. The molecule has 142 valence electrons. The van der Waals surface area contributed by atoms with Gasteiger partial charge in [-0.2, -0.15) is 4.98 Å². The van der Waals surface area contributed by atoms with E-state index in [-0.39, 0.29) is 5.95 Å². The summed E-state index contributed by atoms with van der Waals surface area (Å²) < 4.78 is 0. The number of carboxylic acid groups (broad SMARTS) is 1. The van der Waals surface area contributed by atoms with Crippen LogP contribution >= 0.6 is 11.6 Å². The van der Waals surface area contributed by atoms with Crippen LogP contribution in [0.3, 0.4) is 0 Å². The monoisotopic (exact) mass is 395 g/mol. The number of halogens is 1. The second-order valence-electron chi connectivity index (χ2n) is 6.01. The number of nitrogens with one attached hydrogen (secondary N) is 1. The van der Waals surface area contributed by atoms with E-state index in [1.54, 1.807) is 12.3 Å². The van der Waals surface area contributed by atoms with Crippen LogP contribution in [-0.4, -0.2) is 27.3 Å². The molecule has 0 atom stereocenters. The third-order valence-electron chi connectivity index (χ3n) is 3.87. The minimum Gasteiger partial charge on any atom is -0.481 e. The Labute approximate surface area is 166 Å². The van der Waals surface area contributed by atoms with E-state index < -0.39 is 5.97 Å². The molecule has 4 N–H and O–H groups in total. The Balaban J connectivity index is 0.000000516. The van der Waals surface area contributed by atoms with Crippen molar-refractivity contribution in [3.63, 3.8) is 0 Å². The highest BCUT2D eigenvalue weighted by molar-refractivity contribution is 6.30. The molecule has 1 aliphatic heterocycles. The Morgan fingerprint density at radius 3 is 2.61 bits per heavy atom. The summed E-state index contributed by atoms with van der Waals surface area (Å²) in [6.45, 7) is 1.77. The van der Waals surface area contributed by atoms with Crippen LogP contribution < -0.4 is 11.1 Å². The first-order valence-corrected chi connectivity index (χ1v) is 8.78. The number of hydrogen-bond donors (Lipinski definition) is 3. The van der Waals surface area contributed by atoms with Gasteiger partial charge in [-0.25, -0.2) is 4.98 Å². The van der Waals surface area contributed by atoms with Gasteiger partial charge in [-0.05, 0) is 47.0 Å². The lowest BCUT2D eigenvalue weighted by atomic mass is 9.96. The Bertz CT molecular complexity index is 1030. The number of aromatic nitrogens is 2. The number of fused-ring (bicyclic) bond motifs is 1. The van der Waals surface area contributed by atoms with E-state index in [0.717, 1.165) is 34.3 Å². The van der Waals surface area contributed by atoms with Gasteiger partial charge in [0, 0.05) is 35.6 Å². The van der Waals surface area contributed by atoms with Crippen LogP contribution in [0.2, 0.25) is 5.02 Å². The summed E-state index contributed by atoms with van der Waals surface area (Å²) in [5, 5.41) is 11.4. The molecule has 0 aliphatic carbocycles. The van der Waals surface area contributed by atoms with Crippen molar-refractivity contribution >= 4 is 41.2 Å². The summed E-state index contributed by atoms with van der Waals surface area (Å²) in [6.07, 6.45) is 3.52. The summed E-state index contributed by atoms with van der Waals surface area (Å²) >= 11 is 6.01. The van der Waals surface area contributed by atoms with Crippen molar-refractivity contribution in [3.8, 4) is 11.1 Å². The summed E-state index contributed by atoms with van der Waals surface area (Å²) in [4.78, 5) is 21.5. The fraction of sp³-hybridized carbons (Fsp3) is 0.100. The van der Waals surface area contributed by atoms with Crippen molar-refractivity contribution in [2.45, 2.75) is 13.5 Å². The summed E-state index contributed by atoms with van der Waals surface area (Å²) in [5.41, 5.74) is 11.1. The molecule has 0 fully saturated rings. The fourth-order valence-corrected chi connectivity index (χ4v) is 2.90. The molecule has 0 unspecified atom stereocenters. The van der Waals surface area contributed by atoms with E-state index >= 15 is 0 Å². The highest BCUT2D eigenvalue weighted by Crippen LogP contribution is 2.33. The number of carbonyl (C=O) groups is 1. The molecule has 0 saturated carbocycles. The smallest absolute Gasteiger partial charge is 0.300 e. The fourth-order valence-electron chi connectivity index (χ4n) is 2.77. The minimum atomic E-state index is -0.833. The normalized spacial score (nSPS) is 11.4. The van der Waals surface area contributed by atoms with Crippen LogP contribution in [0.15, 0.2) is 53.7 Å². The maximum atomic E-state index is 9.00. The minimum absolute atomic E-state index is 0.237. The van der Waals surface area contributed by atoms with Gasteiger partial charge in [-0.3, -0.25) is 9.79 Å². The lowest BCUT2D eigenvalue weighted by molar-refractivity contribution is -0.134. The van der Waals surface area contributed by atoms with E-state index in [9.17, 15) is 0 Å². The number of nitrogens with two attached hydrogens (primary N) is 1. The molecule has 0 amide bonds. The number of nitrogen functional groups attached to an aromatic ring is 1. The second-order valence-corrected chi connectivity index (χ2v) is 6.45. The molecule has 1 aromatic heterocycles. The highest BCUT2D eigenvalue weighted by atomic mass is 35.5. The number of benzene rings is 2. The average molecular weight is 396 g/mol. The molecule has 7 nitrogen and oxygen atoms in total. The van der Waals surface area contributed by atoms with Crippen molar-refractivity contribution in [2.24, 2.45) is 4.99 Å². The number of aliphatic carboxylic acids is 1. The van der Waals surface area contributed by atoms with Crippen molar-refractivity contribution in [1.82, 2.24) is 9.97 Å². The van der Waals surface area contributed by atoms with Crippen LogP contribution in [0.4, 0.5) is 17.5 Å². The van der Waals surface area contributed by atoms with Crippen LogP contribution in [0.5, 0.6) is 0 Å². The third-order valence-corrected chi connectivity index (χ3v) is 4.12. The predicted octanol–water partition coefficient (Wildman–Crippen LogP) is 4.15. The number of nitrogens with zero attached hydrogens (tertiary/aromatic N) is 3. The molecule has 0 radical (unpaired) electrons. The molecule has 2 heterocycles. The summed E-state index contributed by atoms with van der Waals surface area (Å²) in [6, 6.07) is 13.7. The topological polar surface area (TPSA) is 113 Å². The van der Waals surface area contributed by atoms with Gasteiger partial charge in [0.2, 0.25) is 5.95 Å².